The maximum atomic E-state index is 13.2. The number of aliphatic hydroxyl groups excluding tert-OH is 1. The number of rotatable bonds is 4. The van der Waals surface area contributed by atoms with Crippen molar-refractivity contribution >= 4 is 23.6 Å². The molecule has 1 aromatic rings. The average Bonchev–Trinajstić information content (AvgIpc) is 2.64. The van der Waals surface area contributed by atoms with Crippen molar-refractivity contribution in [1.82, 2.24) is 4.90 Å². The Morgan fingerprint density at radius 1 is 1.20 bits per heavy atom. The van der Waals surface area contributed by atoms with Crippen LogP contribution in [0.15, 0.2) is 12.1 Å². The Kier molecular flexibility index (Phi) is 4.10. The first kappa shape index (κ1) is 14.9. The first-order valence-electron chi connectivity index (χ1n) is 5.93. The topological polar surface area (TPSA) is 57.6 Å². The number of thioether (sulfide) groups is 1. The van der Waals surface area contributed by atoms with Crippen LogP contribution in [0, 0.1) is 11.6 Å². The van der Waals surface area contributed by atoms with Crippen molar-refractivity contribution in [2.24, 2.45) is 0 Å². The molecule has 0 spiro atoms. The van der Waals surface area contributed by atoms with Gasteiger partial charge in [-0.2, -0.15) is 11.8 Å². The number of amides is 2. The van der Waals surface area contributed by atoms with Crippen LogP contribution in [-0.4, -0.2) is 46.0 Å². The Hall–Kier alpha value is -1.47. The summed E-state index contributed by atoms with van der Waals surface area (Å²) in [6.45, 7) is 1.41. The molecule has 4 nitrogen and oxygen atoms in total. The molecule has 1 aromatic carbocycles. The number of benzene rings is 1. The maximum Gasteiger partial charge on any atom is 0.261 e. The first-order valence-corrected chi connectivity index (χ1v) is 7.21. The second-order valence-electron chi connectivity index (χ2n) is 4.49. The number of fused-ring (bicyclic) bond motifs is 1. The van der Waals surface area contributed by atoms with Gasteiger partial charge in [0.15, 0.2) is 11.6 Å². The molecule has 2 amide bonds. The highest BCUT2D eigenvalue weighted by Gasteiger charge is 2.41. The highest BCUT2D eigenvalue weighted by Crippen LogP contribution is 2.29. The van der Waals surface area contributed by atoms with E-state index in [1.165, 1.54) is 11.8 Å². The highest BCUT2D eigenvalue weighted by molar-refractivity contribution is 7.99. The summed E-state index contributed by atoms with van der Waals surface area (Å²) in [6.07, 6.45) is 1.74. The van der Waals surface area contributed by atoms with E-state index in [1.807, 2.05) is 0 Å². The predicted molar refractivity (Wildman–Crippen MR) is 70.7 cm³/mol. The second kappa shape index (κ2) is 5.49. The molecule has 0 saturated carbocycles. The van der Waals surface area contributed by atoms with E-state index in [0.29, 0.717) is 0 Å². The molecule has 0 radical (unpaired) electrons. The Morgan fingerprint density at radius 3 is 2.00 bits per heavy atom. The van der Waals surface area contributed by atoms with Crippen molar-refractivity contribution < 1.29 is 23.5 Å². The van der Waals surface area contributed by atoms with Gasteiger partial charge in [-0.25, -0.2) is 8.78 Å². The van der Waals surface area contributed by atoms with Gasteiger partial charge in [0.2, 0.25) is 0 Å². The summed E-state index contributed by atoms with van der Waals surface area (Å²) in [5, 5.41) is 8.89. The molecule has 1 heterocycles. The molecular weight excluding hydrogens is 288 g/mol. The summed E-state index contributed by atoms with van der Waals surface area (Å²) in [7, 11) is 0. The monoisotopic (exact) mass is 301 g/mol. The summed E-state index contributed by atoms with van der Waals surface area (Å²) in [5.41, 5.74) is -0.280. The van der Waals surface area contributed by atoms with E-state index in [2.05, 4.69) is 0 Å². The number of hydrogen-bond donors (Lipinski definition) is 1. The molecule has 0 aromatic heterocycles. The number of carbonyl (C=O) groups excluding carboxylic acids is 2. The normalized spacial score (nSPS) is 17.4. The molecular formula is C13H13F2NO3S. The number of halogens is 2. The van der Waals surface area contributed by atoms with Gasteiger partial charge in [-0.1, -0.05) is 0 Å². The van der Waals surface area contributed by atoms with E-state index >= 15 is 0 Å². The van der Waals surface area contributed by atoms with Crippen molar-refractivity contribution in [2.75, 3.05) is 12.9 Å². The molecule has 108 valence electrons. The standard InChI is InChI=1S/C13H13F2NO3S/c1-6(11(5-17)20-2)16-12(18)7-3-9(14)10(15)4-8(7)13(16)19/h3-4,6,11,17H,5H2,1-2H3. The van der Waals surface area contributed by atoms with Crippen LogP contribution in [0.2, 0.25) is 0 Å². The van der Waals surface area contributed by atoms with Gasteiger partial charge >= 0.3 is 0 Å². The smallest absolute Gasteiger partial charge is 0.261 e. The van der Waals surface area contributed by atoms with Crippen LogP contribution in [0.1, 0.15) is 27.6 Å². The van der Waals surface area contributed by atoms with E-state index in [-0.39, 0.29) is 23.0 Å². The number of carbonyl (C=O) groups is 2. The minimum absolute atomic E-state index is 0.140. The molecule has 0 aliphatic carbocycles. The van der Waals surface area contributed by atoms with Crippen LogP contribution in [0.3, 0.4) is 0 Å². The van der Waals surface area contributed by atoms with Gasteiger partial charge in [-0.3, -0.25) is 14.5 Å². The third kappa shape index (κ3) is 2.20. The van der Waals surface area contributed by atoms with E-state index in [9.17, 15) is 23.5 Å². The Labute approximate surface area is 118 Å². The highest BCUT2D eigenvalue weighted by atomic mass is 32.2. The third-order valence-electron chi connectivity index (χ3n) is 3.39. The zero-order chi connectivity index (χ0) is 15.0. The van der Waals surface area contributed by atoms with Crippen LogP contribution in [0.25, 0.3) is 0 Å². The minimum atomic E-state index is -1.16. The summed E-state index contributed by atoms with van der Waals surface area (Å²) >= 11 is 1.31. The quantitative estimate of drug-likeness (QED) is 0.860. The second-order valence-corrected chi connectivity index (χ2v) is 5.57. The van der Waals surface area contributed by atoms with Crippen LogP contribution >= 0.6 is 11.8 Å². The van der Waals surface area contributed by atoms with Crippen LogP contribution in [0.5, 0.6) is 0 Å². The molecule has 0 saturated heterocycles. The van der Waals surface area contributed by atoms with E-state index in [4.69, 9.17) is 0 Å². The molecule has 20 heavy (non-hydrogen) atoms. The lowest BCUT2D eigenvalue weighted by Gasteiger charge is -2.28. The SMILES string of the molecule is CSC(CO)C(C)N1C(=O)c2cc(F)c(F)cc2C1=O. The zero-order valence-electron chi connectivity index (χ0n) is 10.9. The molecule has 2 atom stereocenters. The van der Waals surface area contributed by atoms with Crippen molar-refractivity contribution in [3.05, 3.63) is 34.9 Å². The number of aliphatic hydroxyl groups is 1. The Morgan fingerprint density at radius 2 is 1.65 bits per heavy atom. The van der Waals surface area contributed by atoms with Gasteiger partial charge in [0.05, 0.1) is 23.8 Å². The lowest BCUT2D eigenvalue weighted by Crippen LogP contribution is -2.45. The van der Waals surface area contributed by atoms with Crippen molar-refractivity contribution in [3.8, 4) is 0 Å². The average molecular weight is 301 g/mol. The fourth-order valence-electron chi connectivity index (χ4n) is 2.21. The minimum Gasteiger partial charge on any atom is -0.395 e. The first-order chi connectivity index (χ1) is 9.42. The predicted octanol–water partition coefficient (Wildman–Crippen LogP) is 1.67. The molecule has 1 N–H and O–H groups in total. The summed E-state index contributed by atoms with van der Waals surface area (Å²) < 4.78 is 26.4. The summed E-state index contributed by atoms with van der Waals surface area (Å²) in [4.78, 5) is 25.3. The lowest BCUT2D eigenvalue weighted by molar-refractivity contribution is 0.0582. The Bertz CT molecular complexity index is 534. The lowest BCUT2D eigenvalue weighted by atomic mass is 10.1. The van der Waals surface area contributed by atoms with E-state index in [0.717, 1.165) is 17.0 Å². The Balaban J connectivity index is 2.42. The van der Waals surface area contributed by atoms with Gasteiger partial charge in [0.1, 0.15) is 0 Å². The molecule has 7 heteroatoms. The van der Waals surface area contributed by atoms with Gasteiger partial charge in [0.25, 0.3) is 11.8 Å². The number of imide groups is 1. The summed E-state index contributed by atoms with van der Waals surface area (Å²) in [6, 6.07) is 0.906. The molecule has 2 unspecified atom stereocenters. The fraction of sp³-hybridized carbons (Fsp3) is 0.385. The van der Waals surface area contributed by atoms with Crippen molar-refractivity contribution in [2.45, 2.75) is 18.2 Å². The van der Waals surface area contributed by atoms with Gasteiger partial charge in [0, 0.05) is 5.25 Å². The zero-order valence-corrected chi connectivity index (χ0v) is 11.7. The van der Waals surface area contributed by atoms with Crippen molar-refractivity contribution in [1.29, 1.82) is 0 Å². The molecule has 0 bridgehead atoms. The molecule has 1 aliphatic heterocycles. The fourth-order valence-corrected chi connectivity index (χ4v) is 2.88. The van der Waals surface area contributed by atoms with Crippen LogP contribution < -0.4 is 0 Å². The summed E-state index contributed by atoms with van der Waals surface area (Å²) in [5.74, 6) is -3.65. The molecule has 1 aliphatic rings. The molecule has 2 rings (SSSR count). The maximum absolute atomic E-state index is 13.2. The number of hydrogen-bond acceptors (Lipinski definition) is 4. The largest absolute Gasteiger partial charge is 0.395 e. The van der Waals surface area contributed by atoms with Crippen LogP contribution in [0.4, 0.5) is 8.78 Å². The van der Waals surface area contributed by atoms with Crippen LogP contribution in [-0.2, 0) is 0 Å². The van der Waals surface area contributed by atoms with E-state index < -0.39 is 29.5 Å². The van der Waals surface area contributed by atoms with Crippen molar-refractivity contribution in [3.63, 3.8) is 0 Å². The number of nitrogens with zero attached hydrogens (tertiary/aromatic N) is 1. The molecule has 0 fully saturated rings. The van der Waals surface area contributed by atoms with Gasteiger partial charge in [-0.15, -0.1) is 0 Å². The van der Waals surface area contributed by atoms with E-state index in [1.54, 1.807) is 13.2 Å². The van der Waals surface area contributed by atoms with Gasteiger partial charge in [-0.05, 0) is 25.3 Å². The third-order valence-corrected chi connectivity index (χ3v) is 4.54. The van der Waals surface area contributed by atoms with Gasteiger partial charge < -0.3 is 5.11 Å².